The molecule has 1 aliphatic rings. The normalized spacial score (nSPS) is 17.1. The van der Waals surface area contributed by atoms with Gasteiger partial charge in [0.25, 0.3) is 10.0 Å². The van der Waals surface area contributed by atoms with Crippen molar-refractivity contribution < 1.29 is 21.2 Å². The molecule has 2 aromatic rings. The number of rotatable bonds is 4. The van der Waals surface area contributed by atoms with Crippen molar-refractivity contribution in [3.63, 3.8) is 0 Å². The molecule has 140 valence electrons. The van der Waals surface area contributed by atoms with E-state index in [-0.39, 0.29) is 16.3 Å². The van der Waals surface area contributed by atoms with Gasteiger partial charge in [-0.05, 0) is 55.7 Å². The molecule has 1 saturated heterocycles. The fourth-order valence-corrected chi connectivity index (χ4v) is 5.82. The van der Waals surface area contributed by atoms with E-state index in [0.29, 0.717) is 24.2 Å². The van der Waals surface area contributed by atoms with Crippen molar-refractivity contribution in [1.82, 2.24) is 0 Å². The molecule has 1 aliphatic heterocycles. The van der Waals surface area contributed by atoms with E-state index < -0.39 is 25.9 Å². The van der Waals surface area contributed by atoms with Crippen molar-refractivity contribution in [2.45, 2.75) is 24.7 Å². The minimum atomic E-state index is -4.00. The van der Waals surface area contributed by atoms with Crippen molar-refractivity contribution in [2.75, 3.05) is 21.3 Å². The summed E-state index contributed by atoms with van der Waals surface area (Å²) >= 11 is 0. The summed E-state index contributed by atoms with van der Waals surface area (Å²) in [6.45, 7) is 1.94. The highest BCUT2D eigenvalue weighted by atomic mass is 32.2. The van der Waals surface area contributed by atoms with Crippen molar-refractivity contribution in [2.24, 2.45) is 0 Å². The lowest BCUT2D eigenvalue weighted by Gasteiger charge is -2.28. The number of halogens is 1. The maximum absolute atomic E-state index is 13.3. The van der Waals surface area contributed by atoms with Gasteiger partial charge in [-0.2, -0.15) is 0 Å². The van der Waals surface area contributed by atoms with E-state index in [0.717, 1.165) is 12.5 Å². The van der Waals surface area contributed by atoms with Crippen LogP contribution < -0.4 is 9.03 Å². The zero-order valence-electron chi connectivity index (χ0n) is 14.1. The van der Waals surface area contributed by atoms with Gasteiger partial charge in [0.15, 0.2) is 0 Å². The SMILES string of the molecule is Cc1ccc(N2CCCCS2(=O)=O)cc1S(=O)(=O)Nc1cccc(F)c1. The molecule has 0 aromatic heterocycles. The molecule has 26 heavy (non-hydrogen) atoms. The van der Waals surface area contributed by atoms with Crippen molar-refractivity contribution >= 4 is 31.4 Å². The summed E-state index contributed by atoms with van der Waals surface area (Å²) in [5, 5.41) is 0. The Morgan fingerprint density at radius 2 is 1.88 bits per heavy atom. The molecule has 0 aliphatic carbocycles. The van der Waals surface area contributed by atoms with E-state index in [2.05, 4.69) is 4.72 Å². The Kier molecular flexibility index (Phi) is 4.94. The molecule has 0 saturated carbocycles. The molecule has 6 nitrogen and oxygen atoms in total. The third kappa shape index (κ3) is 3.83. The lowest BCUT2D eigenvalue weighted by atomic mass is 10.2. The number of hydrogen-bond acceptors (Lipinski definition) is 4. The Morgan fingerprint density at radius 1 is 1.12 bits per heavy atom. The molecule has 0 amide bonds. The molecule has 1 N–H and O–H groups in total. The van der Waals surface area contributed by atoms with Gasteiger partial charge in [0.1, 0.15) is 5.82 Å². The van der Waals surface area contributed by atoms with Crippen LogP contribution in [0, 0.1) is 12.7 Å². The number of nitrogens with zero attached hydrogens (tertiary/aromatic N) is 1. The predicted molar refractivity (Wildman–Crippen MR) is 98.8 cm³/mol. The maximum atomic E-state index is 13.3. The smallest absolute Gasteiger partial charge is 0.262 e. The fourth-order valence-electron chi connectivity index (χ4n) is 2.87. The summed E-state index contributed by atoms with van der Waals surface area (Å²) in [7, 11) is -7.45. The van der Waals surface area contributed by atoms with Crippen molar-refractivity contribution in [1.29, 1.82) is 0 Å². The van der Waals surface area contributed by atoms with Crippen LogP contribution in [0.3, 0.4) is 0 Å². The van der Waals surface area contributed by atoms with Crippen LogP contribution in [0.25, 0.3) is 0 Å². The van der Waals surface area contributed by atoms with Crippen LogP contribution >= 0.6 is 0 Å². The molecule has 3 rings (SSSR count). The molecule has 0 unspecified atom stereocenters. The summed E-state index contributed by atoms with van der Waals surface area (Å²) in [5.74, 6) is -0.514. The summed E-state index contributed by atoms with van der Waals surface area (Å²) < 4.78 is 66.9. The zero-order chi connectivity index (χ0) is 18.9. The first-order chi connectivity index (χ1) is 12.2. The standard InChI is InChI=1S/C17H19FN2O4S2/c1-13-7-8-16(20-9-2-3-10-25(20,21)22)12-17(13)26(23,24)19-15-6-4-5-14(18)11-15/h4-8,11-12,19H,2-3,9-10H2,1H3. The average molecular weight is 398 g/mol. The summed E-state index contributed by atoms with van der Waals surface area (Å²) in [4.78, 5) is -0.0416. The third-order valence-electron chi connectivity index (χ3n) is 4.18. The average Bonchev–Trinajstić information content (AvgIpc) is 2.54. The first-order valence-electron chi connectivity index (χ1n) is 8.08. The summed E-state index contributed by atoms with van der Waals surface area (Å²) in [6.07, 6.45) is 1.31. The van der Waals surface area contributed by atoms with E-state index in [4.69, 9.17) is 0 Å². The number of sulfonamides is 2. The molecule has 0 spiro atoms. The van der Waals surface area contributed by atoms with Crippen LogP contribution in [0.2, 0.25) is 0 Å². The monoisotopic (exact) mass is 398 g/mol. The number of nitrogens with one attached hydrogen (secondary N) is 1. The molecule has 2 aromatic carbocycles. The fraction of sp³-hybridized carbons (Fsp3) is 0.294. The van der Waals surface area contributed by atoms with Gasteiger partial charge in [-0.15, -0.1) is 0 Å². The number of aryl methyl sites for hydroxylation is 1. The van der Waals surface area contributed by atoms with Gasteiger partial charge >= 0.3 is 0 Å². The van der Waals surface area contributed by atoms with Gasteiger partial charge in [0, 0.05) is 6.54 Å². The van der Waals surface area contributed by atoms with E-state index in [1.54, 1.807) is 19.1 Å². The van der Waals surface area contributed by atoms with E-state index in [9.17, 15) is 21.2 Å². The molecular formula is C17H19FN2O4S2. The highest BCUT2D eigenvalue weighted by Gasteiger charge is 2.27. The molecule has 9 heteroatoms. The first-order valence-corrected chi connectivity index (χ1v) is 11.2. The predicted octanol–water partition coefficient (Wildman–Crippen LogP) is 2.86. The van der Waals surface area contributed by atoms with Crippen LogP contribution in [0.5, 0.6) is 0 Å². The Bertz CT molecular complexity index is 1040. The topological polar surface area (TPSA) is 83.6 Å². The second kappa shape index (κ2) is 6.88. The lowest BCUT2D eigenvalue weighted by Crippen LogP contribution is -2.38. The second-order valence-corrected chi connectivity index (χ2v) is 9.82. The highest BCUT2D eigenvalue weighted by molar-refractivity contribution is 7.93. The van der Waals surface area contributed by atoms with Crippen molar-refractivity contribution in [3.05, 3.63) is 53.8 Å². The van der Waals surface area contributed by atoms with Gasteiger partial charge in [-0.3, -0.25) is 9.03 Å². The van der Waals surface area contributed by atoms with E-state index in [1.165, 1.54) is 28.6 Å². The van der Waals surface area contributed by atoms with Crippen LogP contribution in [0.1, 0.15) is 18.4 Å². The number of hydrogen-bond donors (Lipinski definition) is 1. The van der Waals surface area contributed by atoms with Crippen LogP contribution in [0.15, 0.2) is 47.4 Å². The number of benzene rings is 2. The van der Waals surface area contributed by atoms with Crippen LogP contribution in [0.4, 0.5) is 15.8 Å². The maximum Gasteiger partial charge on any atom is 0.262 e. The molecule has 0 atom stereocenters. The van der Waals surface area contributed by atoms with Gasteiger partial charge in [-0.25, -0.2) is 21.2 Å². The largest absolute Gasteiger partial charge is 0.280 e. The van der Waals surface area contributed by atoms with Gasteiger partial charge in [0.2, 0.25) is 10.0 Å². The molecule has 1 heterocycles. The molecule has 1 fully saturated rings. The minimum absolute atomic E-state index is 0.0416. The van der Waals surface area contributed by atoms with Gasteiger partial charge in [-0.1, -0.05) is 12.1 Å². The Hall–Kier alpha value is -2.13. The highest BCUT2D eigenvalue weighted by Crippen LogP contribution is 2.29. The third-order valence-corrected chi connectivity index (χ3v) is 7.57. The van der Waals surface area contributed by atoms with E-state index in [1.807, 2.05) is 0 Å². The van der Waals surface area contributed by atoms with E-state index >= 15 is 0 Å². The summed E-state index contributed by atoms with van der Waals surface area (Å²) in [6, 6.07) is 9.64. The number of anilines is 2. The molecular weight excluding hydrogens is 379 g/mol. The minimum Gasteiger partial charge on any atom is -0.280 e. The quantitative estimate of drug-likeness (QED) is 0.858. The Balaban J connectivity index is 1.99. The molecule has 0 bridgehead atoms. The van der Waals surface area contributed by atoms with Crippen molar-refractivity contribution in [3.8, 4) is 0 Å². The van der Waals surface area contributed by atoms with Gasteiger partial charge in [0.05, 0.1) is 22.0 Å². The summed E-state index contributed by atoms with van der Waals surface area (Å²) in [5.41, 5.74) is 0.877. The molecule has 0 radical (unpaired) electrons. The lowest BCUT2D eigenvalue weighted by molar-refractivity contribution is 0.574. The first kappa shape index (κ1) is 18.7. The van der Waals surface area contributed by atoms with Crippen LogP contribution in [-0.2, 0) is 20.0 Å². The second-order valence-electron chi connectivity index (χ2n) is 6.16. The van der Waals surface area contributed by atoms with Gasteiger partial charge < -0.3 is 0 Å². The van der Waals surface area contributed by atoms with Crippen LogP contribution in [-0.4, -0.2) is 29.1 Å². The Morgan fingerprint density at radius 3 is 2.58 bits per heavy atom. The Labute approximate surface area is 152 Å². The zero-order valence-corrected chi connectivity index (χ0v) is 15.8.